The van der Waals surface area contributed by atoms with Crippen molar-refractivity contribution in [2.45, 2.75) is 19.4 Å². The maximum Gasteiger partial charge on any atom is 0.325 e. The number of hydrogen-bond donors (Lipinski definition) is 2. The first-order valence-corrected chi connectivity index (χ1v) is 8.34. The first kappa shape index (κ1) is 18.4. The highest BCUT2D eigenvalue weighted by Crippen LogP contribution is 2.31. The Hall–Kier alpha value is -3.42. The molecule has 2 N–H and O–H groups in total. The number of methoxy groups -OCH3 is 1. The maximum absolute atomic E-state index is 12.9. The second kappa shape index (κ2) is 7.06. The molecule has 27 heavy (non-hydrogen) atoms. The van der Waals surface area contributed by atoms with Crippen molar-refractivity contribution >= 4 is 23.5 Å². The lowest BCUT2D eigenvalue weighted by Gasteiger charge is -2.23. The van der Waals surface area contributed by atoms with Crippen molar-refractivity contribution in [3.63, 3.8) is 0 Å². The van der Waals surface area contributed by atoms with Crippen LogP contribution in [0, 0.1) is 6.92 Å². The molecule has 0 saturated carbocycles. The Bertz CT molecular complexity index is 900. The predicted octanol–water partition coefficient (Wildman–Crippen LogP) is 1.80. The van der Waals surface area contributed by atoms with Gasteiger partial charge < -0.3 is 15.4 Å². The van der Waals surface area contributed by atoms with Gasteiger partial charge in [0.25, 0.3) is 5.91 Å². The third kappa shape index (κ3) is 3.46. The minimum absolute atomic E-state index is 0.385. The summed E-state index contributed by atoms with van der Waals surface area (Å²) < 4.78 is 5.23. The summed E-state index contributed by atoms with van der Waals surface area (Å²) in [5.41, 5.74) is 0.700. The van der Waals surface area contributed by atoms with Gasteiger partial charge in [0.1, 0.15) is 17.8 Å². The Morgan fingerprint density at radius 2 is 2.11 bits per heavy atom. The van der Waals surface area contributed by atoms with Gasteiger partial charge in [0.05, 0.1) is 19.0 Å². The van der Waals surface area contributed by atoms with Gasteiger partial charge in [0.15, 0.2) is 0 Å². The van der Waals surface area contributed by atoms with Gasteiger partial charge in [0.2, 0.25) is 5.91 Å². The van der Waals surface area contributed by atoms with E-state index in [-0.39, 0.29) is 6.54 Å². The standard InChI is InChI=1S/C19H20N4O4/c1-12-9-13(6-7-15(12)27-3)19(2)17(25)23(18(26)22-19)11-16(24)21-14-5-4-8-20-10-14/h4-10H,11H2,1-3H3,(H,21,24)(H,22,26). The van der Waals surface area contributed by atoms with Crippen molar-refractivity contribution in [1.82, 2.24) is 15.2 Å². The first-order chi connectivity index (χ1) is 12.8. The zero-order chi connectivity index (χ0) is 19.6. The average Bonchev–Trinajstić information content (AvgIpc) is 2.86. The van der Waals surface area contributed by atoms with Gasteiger partial charge >= 0.3 is 6.03 Å². The van der Waals surface area contributed by atoms with Crippen LogP contribution in [0.3, 0.4) is 0 Å². The second-order valence-electron chi connectivity index (χ2n) is 6.42. The van der Waals surface area contributed by atoms with Crippen LogP contribution >= 0.6 is 0 Å². The highest BCUT2D eigenvalue weighted by molar-refractivity contribution is 6.10. The zero-order valence-electron chi connectivity index (χ0n) is 15.3. The Balaban J connectivity index is 1.78. The van der Waals surface area contributed by atoms with E-state index in [0.717, 1.165) is 10.5 Å². The predicted molar refractivity (Wildman–Crippen MR) is 98.2 cm³/mol. The smallest absolute Gasteiger partial charge is 0.325 e. The lowest BCUT2D eigenvalue weighted by atomic mass is 9.90. The van der Waals surface area contributed by atoms with E-state index in [9.17, 15) is 14.4 Å². The van der Waals surface area contributed by atoms with Crippen molar-refractivity contribution in [3.8, 4) is 5.75 Å². The zero-order valence-corrected chi connectivity index (χ0v) is 15.3. The van der Waals surface area contributed by atoms with E-state index in [2.05, 4.69) is 15.6 Å². The highest BCUT2D eigenvalue weighted by Gasteiger charge is 2.49. The Morgan fingerprint density at radius 3 is 2.74 bits per heavy atom. The molecular formula is C19H20N4O4. The molecule has 1 aliphatic heterocycles. The normalized spacial score (nSPS) is 19.0. The van der Waals surface area contributed by atoms with Crippen LogP contribution < -0.4 is 15.4 Å². The Morgan fingerprint density at radius 1 is 1.33 bits per heavy atom. The molecule has 2 heterocycles. The van der Waals surface area contributed by atoms with Crippen molar-refractivity contribution in [2.24, 2.45) is 0 Å². The number of nitrogens with zero attached hydrogens (tertiary/aromatic N) is 2. The lowest BCUT2D eigenvalue weighted by Crippen LogP contribution is -2.42. The summed E-state index contributed by atoms with van der Waals surface area (Å²) in [6, 6.07) is 7.98. The number of amides is 4. The molecule has 0 radical (unpaired) electrons. The Kier molecular flexibility index (Phi) is 4.81. The first-order valence-electron chi connectivity index (χ1n) is 8.34. The molecule has 1 fully saturated rings. The molecule has 0 spiro atoms. The number of pyridine rings is 1. The molecule has 3 rings (SSSR count). The summed E-state index contributed by atoms with van der Waals surface area (Å²) in [6.07, 6.45) is 3.06. The largest absolute Gasteiger partial charge is 0.496 e. The van der Waals surface area contributed by atoms with E-state index in [0.29, 0.717) is 17.0 Å². The highest BCUT2D eigenvalue weighted by atomic mass is 16.5. The number of benzene rings is 1. The number of aromatic nitrogens is 1. The average molecular weight is 368 g/mol. The Labute approximate surface area is 156 Å². The fourth-order valence-corrected chi connectivity index (χ4v) is 3.01. The molecular weight excluding hydrogens is 348 g/mol. The van der Waals surface area contributed by atoms with Gasteiger partial charge in [-0.15, -0.1) is 0 Å². The van der Waals surface area contributed by atoms with E-state index in [1.807, 2.05) is 6.92 Å². The lowest BCUT2D eigenvalue weighted by molar-refractivity contribution is -0.133. The van der Waals surface area contributed by atoms with E-state index in [4.69, 9.17) is 4.74 Å². The van der Waals surface area contributed by atoms with Crippen LogP contribution in [0.1, 0.15) is 18.1 Å². The summed E-state index contributed by atoms with van der Waals surface area (Å²) in [5, 5.41) is 5.29. The van der Waals surface area contributed by atoms with Crippen molar-refractivity contribution in [3.05, 3.63) is 53.9 Å². The van der Waals surface area contributed by atoms with Crippen LogP contribution in [0.15, 0.2) is 42.7 Å². The van der Waals surface area contributed by atoms with Gasteiger partial charge in [-0.1, -0.05) is 6.07 Å². The SMILES string of the molecule is COc1ccc(C2(C)NC(=O)N(CC(=O)Nc3cccnc3)C2=O)cc1C. The van der Waals surface area contributed by atoms with Crippen LogP contribution in [0.2, 0.25) is 0 Å². The molecule has 4 amide bonds. The fraction of sp³-hybridized carbons (Fsp3) is 0.263. The number of carbonyl (C=O) groups excluding carboxylic acids is 3. The van der Waals surface area contributed by atoms with Crippen LogP contribution in [0.5, 0.6) is 5.75 Å². The number of urea groups is 1. The summed E-state index contributed by atoms with van der Waals surface area (Å²) in [4.78, 5) is 42.3. The molecule has 1 aromatic carbocycles. The topological polar surface area (TPSA) is 101 Å². The molecule has 0 aliphatic carbocycles. The molecule has 1 atom stereocenters. The van der Waals surface area contributed by atoms with Crippen molar-refractivity contribution in [1.29, 1.82) is 0 Å². The van der Waals surface area contributed by atoms with E-state index in [1.165, 1.54) is 6.20 Å². The minimum Gasteiger partial charge on any atom is -0.496 e. The van der Waals surface area contributed by atoms with Gasteiger partial charge in [-0.2, -0.15) is 0 Å². The van der Waals surface area contributed by atoms with Gasteiger partial charge in [-0.05, 0) is 49.2 Å². The summed E-state index contributed by atoms with van der Waals surface area (Å²) in [6.45, 7) is 3.09. The summed E-state index contributed by atoms with van der Waals surface area (Å²) in [5.74, 6) is -0.285. The molecule has 1 unspecified atom stereocenters. The van der Waals surface area contributed by atoms with Crippen molar-refractivity contribution < 1.29 is 19.1 Å². The number of anilines is 1. The number of aryl methyl sites for hydroxylation is 1. The summed E-state index contributed by atoms with van der Waals surface area (Å²) in [7, 11) is 1.56. The summed E-state index contributed by atoms with van der Waals surface area (Å²) >= 11 is 0. The molecule has 1 saturated heterocycles. The molecule has 1 aromatic heterocycles. The number of rotatable bonds is 5. The van der Waals surface area contributed by atoms with E-state index < -0.39 is 23.4 Å². The van der Waals surface area contributed by atoms with Crippen LogP contribution in [0.25, 0.3) is 0 Å². The number of imide groups is 1. The quantitative estimate of drug-likeness (QED) is 0.784. The molecule has 1 aliphatic rings. The second-order valence-corrected chi connectivity index (χ2v) is 6.42. The van der Waals surface area contributed by atoms with Crippen LogP contribution in [0.4, 0.5) is 10.5 Å². The minimum atomic E-state index is -1.25. The molecule has 0 bridgehead atoms. The number of ether oxygens (including phenoxy) is 1. The van der Waals surface area contributed by atoms with Crippen molar-refractivity contribution in [2.75, 3.05) is 19.0 Å². The molecule has 8 heteroatoms. The number of carbonyl (C=O) groups is 3. The number of hydrogen-bond acceptors (Lipinski definition) is 5. The number of nitrogens with one attached hydrogen (secondary N) is 2. The van der Waals surface area contributed by atoms with Crippen LogP contribution in [-0.4, -0.2) is 41.4 Å². The third-order valence-corrected chi connectivity index (χ3v) is 4.49. The third-order valence-electron chi connectivity index (χ3n) is 4.49. The maximum atomic E-state index is 12.9. The van der Waals surface area contributed by atoms with E-state index >= 15 is 0 Å². The van der Waals surface area contributed by atoms with Gasteiger partial charge in [0, 0.05) is 6.20 Å². The molecule has 140 valence electrons. The fourth-order valence-electron chi connectivity index (χ4n) is 3.01. The van der Waals surface area contributed by atoms with Crippen LogP contribution in [-0.2, 0) is 15.1 Å². The van der Waals surface area contributed by atoms with Gasteiger partial charge in [-0.25, -0.2) is 4.79 Å². The molecule has 2 aromatic rings. The van der Waals surface area contributed by atoms with Gasteiger partial charge in [-0.3, -0.25) is 19.5 Å². The van der Waals surface area contributed by atoms with E-state index in [1.54, 1.807) is 50.6 Å². The monoisotopic (exact) mass is 368 g/mol. The molecule has 8 nitrogen and oxygen atoms in total.